The summed E-state index contributed by atoms with van der Waals surface area (Å²) in [5.74, 6) is 0.449. The van der Waals surface area contributed by atoms with Gasteiger partial charge in [0, 0.05) is 36.1 Å². The molecule has 1 amide bonds. The Hall–Kier alpha value is -3.45. The molecule has 1 fully saturated rings. The van der Waals surface area contributed by atoms with Crippen molar-refractivity contribution in [1.82, 2.24) is 4.57 Å². The molecule has 2 N–H and O–H groups in total. The van der Waals surface area contributed by atoms with E-state index in [2.05, 4.69) is 10.3 Å². The minimum atomic E-state index is -1.02. The van der Waals surface area contributed by atoms with E-state index in [0.29, 0.717) is 23.5 Å². The lowest BCUT2D eigenvalue weighted by molar-refractivity contribution is -0.117. The van der Waals surface area contributed by atoms with Gasteiger partial charge in [0.2, 0.25) is 5.91 Å². The van der Waals surface area contributed by atoms with Crippen LogP contribution in [0.25, 0.3) is 16.8 Å². The number of fused-ring (bicyclic) bond motifs is 1. The van der Waals surface area contributed by atoms with E-state index < -0.39 is 6.23 Å². The number of hydrogen-bond acceptors (Lipinski definition) is 4. The molecular weight excluding hydrogens is 371 g/mol. The van der Waals surface area contributed by atoms with E-state index in [1.807, 2.05) is 30.5 Å². The maximum Gasteiger partial charge on any atom is 0.227 e. The molecule has 5 rings (SSSR count). The molecule has 2 aliphatic rings. The van der Waals surface area contributed by atoms with E-state index in [9.17, 15) is 14.3 Å². The van der Waals surface area contributed by atoms with Gasteiger partial charge in [0.15, 0.2) is 6.23 Å². The van der Waals surface area contributed by atoms with Gasteiger partial charge >= 0.3 is 0 Å². The summed E-state index contributed by atoms with van der Waals surface area (Å²) < 4.78 is 15.6. The molecule has 6 nitrogen and oxygen atoms in total. The first-order valence-electron chi connectivity index (χ1n) is 9.50. The van der Waals surface area contributed by atoms with Gasteiger partial charge in [0.1, 0.15) is 11.6 Å². The van der Waals surface area contributed by atoms with Crippen LogP contribution in [0.4, 0.5) is 15.9 Å². The van der Waals surface area contributed by atoms with Gasteiger partial charge in [0.05, 0.1) is 11.9 Å². The van der Waals surface area contributed by atoms with Crippen molar-refractivity contribution in [2.75, 3.05) is 16.8 Å². The van der Waals surface area contributed by atoms with Crippen molar-refractivity contribution in [2.45, 2.75) is 19.1 Å². The molecule has 3 heterocycles. The summed E-state index contributed by atoms with van der Waals surface area (Å²) >= 11 is 0. The van der Waals surface area contributed by atoms with Crippen LogP contribution in [0.5, 0.6) is 0 Å². The zero-order valence-corrected chi connectivity index (χ0v) is 15.5. The molecule has 146 valence electrons. The van der Waals surface area contributed by atoms with Gasteiger partial charge in [-0.05, 0) is 42.3 Å². The van der Waals surface area contributed by atoms with Gasteiger partial charge in [-0.1, -0.05) is 18.2 Å². The number of benzene rings is 2. The van der Waals surface area contributed by atoms with Gasteiger partial charge < -0.3 is 19.9 Å². The summed E-state index contributed by atoms with van der Waals surface area (Å²) in [4.78, 5) is 17.8. The summed E-state index contributed by atoms with van der Waals surface area (Å²) in [5.41, 5.74) is 3.81. The fourth-order valence-corrected chi connectivity index (χ4v) is 3.97. The molecule has 0 radical (unpaired) electrons. The highest BCUT2D eigenvalue weighted by Gasteiger charge is 2.26. The zero-order valence-electron chi connectivity index (χ0n) is 15.5. The highest BCUT2D eigenvalue weighted by molar-refractivity contribution is 5.95. The SMILES string of the molecule is O=C1CCCN1c1ccc(-c2cn(-c3cccc(F)c3)c3c2C(O)N=CN3)cc1. The number of aliphatic hydroxyl groups excluding tert-OH is 1. The highest BCUT2D eigenvalue weighted by atomic mass is 19.1. The topological polar surface area (TPSA) is 69.9 Å². The molecule has 3 aromatic rings. The molecule has 1 atom stereocenters. The maximum atomic E-state index is 13.8. The van der Waals surface area contributed by atoms with Crippen LogP contribution >= 0.6 is 0 Å². The second-order valence-electron chi connectivity index (χ2n) is 7.15. The average molecular weight is 390 g/mol. The Morgan fingerprint density at radius 1 is 1.14 bits per heavy atom. The van der Waals surface area contributed by atoms with Crippen LogP contribution in [0, 0.1) is 5.82 Å². The largest absolute Gasteiger partial charge is 0.368 e. The first-order chi connectivity index (χ1) is 14.1. The minimum absolute atomic E-state index is 0.140. The monoisotopic (exact) mass is 390 g/mol. The van der Waals surface area contributed by atoms with Gasteiger partial charge in [-0.25, -0.2) is 9.38 Å². The molecule has 7 heteroatoms. The van der Waals surface area contributed by atoms with Crippen LogP contribution in [0.3, 0.4) is 0 Å². The number of aliphatic hydroxyl groups is 1. The number of rotatable bonds is 3. The lowest BCUT2D eigenvalue weighted by atomic mass is 10.0. The van der Waals surface area contributed by atoms with Crippen molar-refractivity contribution in [3.8, 4) is 16.8 Å². The molecule has 0 saturated carbocycles. The third kappa shape index (κ3) is 3.00. The highest BCUT2D eigenvalue weighted by Crippen LogP contribution is 2.40. The average Bonchev–Trinajstić information content (AvgIpc) is 3.33. The van der Waals surface area contributed by atoms with Crippen LogP contribution < -0.4 is 10.2 Å². The molecular formula is C22H19FN4O2. The van der Waals surface area contributed by atoms with Crippen molar-refractivity contribution in [3.63, 3.8) is 0 Å². The fourth-order valence-electron chi connectivity index (χ4n) is 3.97. The Morgan fingerprint density at radius 2 is 1.97 bits per heavy atom. The standard InChI is InChI=1S/C22H19FN4O2/c23-15-3-1-4-17(11-15)27-12-18(20-21(27)24-13-25-22(20)29)14-6-8-16(9-7-14)26-10-2-5-19(26)28/h1,3-4,6-9,11-13,22,29H,2,5,10H2,(H,24,25). The van der Waals surface area contributed by atoms with Crippen molar-refractivity contribution in [3.05, 3.63) is 66.1 Å². The van der Waals surface area contributed by atoms with Gasteiger partial charge in [-0.15, -0.1) is 0 Å². The van der Waals surface area contributed by atoms with Crippen molar-refractivity contribution < 1.29 is 14.3 Å². The molecule has 29 heavy (non-hydrogen) atoms. The third-order valence-corrected chi connectivity index (χ3v) is 5.37. The fraction of sp³-hybridized carbons (Fsp3) is 0.182. The number of anilines is 2. The third-order valence-electron chi connectivity index (χ3n) is 5.37. The van der Waals surface area contributed by atoms with Crippen LogP contribution in [-0.2, 0) is 4.79 Å². The van der Waals surface area contributed by atoms with Gasteiger partial charge in [-0.3, -0.25) is 4.79 Å². The molecule has 1 saturated heterocycles. The van der Waals surface area contributed by atoms with Gasteiger partial charge in [-0.2, -0.15) is 0 Å². The van der Waals surface area contributed by atoms with Crippen LogP contribution in [0.1, 0.15) is 24.6 Å². The molecule has 0 aliphatic carbocycles. The van der Waals surface area contributed by atoms with E-state index in [0.717, 1.165) is 29.8 Å². The van der Waals surface area contributed by atoms with Crippen LogP contribution in [0.2, 0.25) is 0 Å². The molecule has 0 spiro atoms. The normalized spacial score (nSPS) is 18.1. The quantitative estimate of drug-likeness (QED) is 0.714. The number of carbonyl (C=O) groups excluding carboxylic acids is 1. The summed E-state index contributed by atoms with van der Waals surface area (Å²) in [6.45, 7) is 0.737. The Morgan fingerprint density at radius 3 is 2.69 bits per heavy atom. The van der Waals surface area contributed by atoms with Crippen LogP contribution in [0.15, 0.2) is 59.7 Å². The van der Waals surface area contributed by atoms with E-state index in [-0.39, 0.29) is 11.7 Å². The predicted molar refractivity (Wildman–Crippen MR) is 110 cm³/mol. The first kappa shape index (κ1) is 17.6. The van der Waals surface area contributed by atoms with E-state index in [1.165, 1.54) is 18.5 Å². The summed E-state index contributed by atoms with van der Waals surface area (Å²) in [6.07, 6.45) is 3.74. The number of nitrogens with zero attached hydrogens (tertiary/aromatic N) is 3. The van der Waals surface area contributed by atoms with E-state index >= 15 is 0 Å². The van der Waals surface area contributed by atoms with E-state index in [1.54, 1.807) is 21.6 Å². The van der Waals surface area contributed by atoms with Crippen molar-refractivity contribution in [2.24, 2.45) is 4.99 Å². The Balaban J connectivity index is 1.59. The molecule has 1 aromatic heterocycles. The lowest BCUT2D eigenvalue weighted by Gasteiger charge is -2.18. The number of aromatic nitrogens is 1. The van der Waals surface area contributed by atoms with Crippen molar-refractivity contribution >= 4 is 23.8 Å². The van der Waals surface area contributed by atoms with Crippen LogP contribution in [-0.4, -0.2) is 28.5 Å². The number of hydrogen-bond donors (Lipinski definition) is 2. The second kappa shape index (κ2) is 6.86. The van der Waals surface area contributed by atoms with Gasteiger partial charge in [0.25, 0.3) is 0 Å². The first-order valence-corrected chi connectivity index (χ1v) is 9.50. The number of aliphatic imine (C=N–C) groups is 1. The maximum absolute atomic E-state index is 13.8. The predicted octanol–water partition coefficient (Wildman–Crippen LogP) is 3.85. The number of nitrogens with one attached hydrogen (secondary N) is 1. The lowest BCUT2D eigenvalue weighted by Crippen LogP contribution is -2.23. The zero-order chi connectivity index (χ0) is 20.0. The molecule has 0 bridgehead atoms. The summed E-state index contributed by atoms with van der Waals surface area (Å²) in [7, 11) is 0. The number of carbonyl (C=O) groups is 1. The Kier molecular flexibility index (Phi) is 4.17. The molecule has 2 aromatic carbocycles. The van der Waals surface area contributed by atoms with E-state index in [4.69, 9.17) is 0 Å². The second-order valence-corrected chi connectivity index (χ2v) is 7.15. The summed E-state index contributed by atoms with van der Waals surface area (Å²) in [6, 6.07) is 14.0. The molecule has 2 aliphatic heterocycles. The number of halogens is 1. The van der Waals surface area contributed by atoms with Crippen molar-refractivity contribution in [1.29, 1.82) is 0 Å². The number of amides is 1. The minimum Gasteiger partial charge on any atom is -0.368 e. The molecule has 1 unspecified atom stereocenters. The summed E-state index contributed by atoms with van der Waals surface area (Å²) in [5, 5.41) is 13.6. The smallest absolute Gasteiger partial charge is 0.227 e. The Labute approximate surface area is 166 Å². The Bertz CT molecular complexity index is 1120.